The van der Waals surface area contributed by atoms with Crippen LogP contribution in [-0.2, 0) is 0 Å². The molecular weight excluding hydrogens is 311 g/mol. The molecule has 1 aromatic carbocycles. The Morgan fingerprint density at radius 2 is 2.14 bits per heavy atom. The molecule has 2 N–H and O–H groups in total. The van der Waals surface area contributed by atoms with Crippen molar-refractivity contribution < 1.29 is 4.79 Å². The molecule has 0 aliphatic carbocycles. The lowest BCUT2D eigenvalue weighted by Crippen LogP contribution is -2.48. The van der Waals surface area contributed by atoms with Gasteiger partial charge in [0.05, 0.1) is 15.7 Å². The summed E-state index contributed by atoms with van der Waals surface area (Å²) in [5.74, 6) is 0.354. The zero-order chi connectivity index (χ0) is 14.8. The van der Waals surface area contributed by atoms with E-state index in [9.17, 15) is 4.79 Å². The van der Waals surface area contributed by atoms with Gasteiger partial charge in [-0.3, -0.25) is 4.79 Å². The minimum absolute atomic E-state index is 0.166. The predicted molar refractivity (Wildman–Crippen MR) is 82.3 cm³/mol. The first-order valence-corrected chi connectivity index (χ1v) is 7.39. The van der Waals surface area contributed by atoms with E-state index in [1.165, 1.54) is 0 Å². The lowest BCUT2D eigenvalue weighted by atomic mass is 10.0. The standard InChI is InChI=1S/C14H14Cl2N4O/c15-11-2-1-10(5-12(11)16)20-4-3-13(19-20)14(21)18-8-9-6-17-7-9/h1-5,9,17H,6-8H2,(H,18,21). The van der Waals surface area contributed by atoms with E-state index in [2.05, 4.69) is 15.7 Å². The zero-order valence-electron chi connectivity index (χ0n) is 11.1. The van der Waals surface area contributed by atoms with Crippen LogP contribution in [0.15, 0.2) is 30.5 Å². The number of halogens is 2. The van der Waals surface area contributed by atoms with Crippen LogP contribution < -0.4 is 10.6 Å². The molecule has 5 nitrogen and oxygen atoms in total. The zero-order valence-corrected chi connectivity index (χ0v) is 12.7. The molecular formula is C14H14Cl2N4O. The predicted octanol–water partition coefficient (Wildman–Crippen LogP) is 2.13. The fourth-order valence-electron chi connectivity index (χ4n) is 2.04. The van der Waals surface area contributed by atoms with E-state index < -0.39 is 0 Å². The van der Waals surface area contributed by atoms with Crippen LogP contribution in [0, 0.1) is 5.92 Å². The molecule has 7 heteroatoms. The highest BCUT2D eigenvalue weighted by atomic mass is 35.5. The molecule has 21 heavy (non-hydrogen) atoms. The summed E-state index contributed by atoms with van der Waals surface area (Å²) in [6, 6.07) is 6.88. The Kier molecular flexibility index (Phi) is 4.14. The maximum absolute atomic E-state index is 12.0. The molecule has 0 atom stereocenters. The van der Waals surface area contributed by atoms with Gasteiger partial charge in [-0.25, -0.2) is 4.68 Å². The lowest BCUT2D eigenvalue weighted by molar-refractivity contribution is 0.0937. The van der Waals surface area contributed by atoms with Crippen LogP contribution in [0.3, 0.4) is 0 Å². The molecule has 3 rings (SSSR count). The van der Waals surface area contributed by atoms with E-state index in [1.807, 2.05) is 0 Å². The average molecular weight is 325 g/mol. The summed E-state index contributed by atoms with van der Waals surface area (Å²) in [6.45, 7) is 2.58. The molecule has 1 aliphatic rings. The number of hydrogen-bond donors (Lipinski definition) is 2. The second-order valence-electron chi connectivity index (χ2n) is 4.98. The summed E-state index contributed by atoms with van der Waals surface area (Å²) in [7, 11) is 0. The first-order chi connectivity index (χ1) is 10.1. The van der Waals surface area contributed by atoms with E-state index in [4.69, 9.17) is 23.2 Å². The van der Waals surface area contributed by atoms with Gasteiger partial charge in [-0.05, 0) is 24.3 Å². The van der Waals surface area contributed by atoms with Gasteiger partial charge in [-0.2, -0.15) is 5.10 Å². The summed E-state index contributed by atoms with van der Waals surface area (Å²) in [4.78, 5) is 12.0. The van der Waals surface area contributed by atoms with Crippen LogP contribution in [0.4, 0.5) is 0 Å². The van der Waals surface area contributed by atoms with Crippen molar-refractivity contribution in [2.45, 2.75) is 0 Å². The van der Waals surface area contributed by atoms with Crippen LogP contribution in [0.2, 0.25) is 10.0 Å². The Balaban J connectivity index is 1.69. The molecule has 2 aromatic rings. The number of hydrogen-bond acceptors (Lipinski definition) is 3. The number of amides is 1. The van der Waals surface area contributed by atoms with Crippen molar-refractivity contribution in [3.63, 3.8) is 0 Å². The van der Waals surface area contributed by atoms with Crippen LogP contribution in [0.25, 0.3) is 5.69 Å². The van der Waals surface area contributed by atoms with Gasteiger partial charge in [-0.1, -0.05) is 23.2 Å². The summed E-state index contributed by atoms with van der Waals surface area (Å²) < 4.78 is 1.60. The Morgan fingerprint density at radius 1 is 1.33 bits per heavy atom. The Labute approximate surface area is 132 Å². The van der Waals surface area contributed by atoms with Crippen LogP contribution in [0.5, 0.6) is 0 Å². The molecule has 0 spiro atoms. The van der Waals surface area contributed by atoms with Crippen LogP contribution in [0.1, 0.15) is 10.5 Å². The van der Waals surface area contributed by atoms with Crippen LogP contribution in [-0.4, -0.2) is 35.3 Å². The van der Waals surface area contributed by atoms with E-state index >= 15 is 0 Å². The van der Waals surface area contributed by atoms with Crippen molar-refractivity contribution >= 4 is 29.1 Å². The minimum Gasteiger partial charge on any atom is -0.350 e. The SMILES string of the molecule is O=C(NCC1CNC1)c1ccn(-c2ccc(Cl)c(Cl)c2)n1. The number of carbonyl (C=O) groups is 1. The van der Waals surface area contributed by atoms with Gasteiger partial charge in [0.2, 0.25) is 0 Å². The maximum atomic E-state index is 12.0. The van der Waals surface area contributed by atoms with Gasteiger partial charge in [0.15, 0.2) is 5.69 Å². The van der Waals surface area contributed by atoms with Crippen molar-refractivity contribution in [1.29, 1.82) is 0 Å². The van der Waals surface area contributed by atoms with Gasteiger partial charge in [0.1, 0.15) is 0 Å². The summed E-state index contributed by atoms with van der Waals surface area (Å²) in [6.07, 6.45) is 1.72. The molecule has 1 saturated heterocycles. The topological polar surface area (TPSA) is 59.0 Å². The van der Waals surface area contributed by atoms with Crippen molar-refractivity contribution in [3.8, 4) is 5.69 Å². The minimum atomic E-state index is -0.166. The number of nitrogens with zero attached hydrogens (tertiary/aromatic N) is 2. The molecule has 1 amide bonds. The second kappa shape index (κ2) is 6.05. The summed E-state index contributed by atoms with van der Waals surface area (Å²) in [5.41, 5.74) is 1.14. The van der Waals surface area contributed by atoms with Gasteiger partial charge < -0.3 is 10.6 Å². The Bertz CT molecular complexity index is 667. The first-order valence-electron chi connectivity index (χ1n) is 6.63. The van der Waals surface area contributed by atoms with Crippen molar-refractivity contribution in [1.82, 2.24) is 20.4 Å². The van der Waals surface area contributed by atoms with E-state index in [0.717, 1.165) is 18.8 Å². The Morgan fingerprint density at radius 3 is 2.81 bits per heavy atom. The van der Waals surface area contributed by atoms with Crippen molar-refractivity contribution in [3.05, 3.63) is 46.2 Å². The first kappa shape index (κ1) is 14.4. The summed E-state index contributed by atoms with van der Waals surface area (Å²) >= 11 is 11.9. The molecule has 110 valence electrons. The van der Waals surface area contributed by atoms with Crippen molar-refractivity contribution in [2.75, 3.05) is 19.6 Å². The third-order valence-corrected chi connectivity index (χ3v) is 4.15. The van der Waals surface area contributed by atoms with Gasteiger partial charge in [0, 0.05) is 31.7 Å². The normalized spacial score (nSPS) is 14.8. The van der Waals surface area contributed by atoms with Gasteiger partial charge in [0.25, 0.3) is 5.91 Å². The largest absolute Gasteiger partial charge is 0.350 e. The quantitative estimate of drug-likeness (QED) is 0.905. The van der Waals surface area contributed by atoms with E-state index in [-0.39, 0.29) is 5.91 Å². The molecule has 1 fully saturated rings. The molecule has 0 bridgehead atoms. The van der Waals surface area contributed by atoms with Crippen molar-refractivity contribution in [2.24, 2.45) is 5.92 Å². The second-order valence-corrected chi connectivity index (χ2v) is 5.79. The molecule has 1 aromatic heterocycles. The number of rotatable bonds is 4. The highest BCUT2D eigenvalue weighted by Crippen LogP contribution is 2.24. The van der Waals surface area contributed by atoms with E-state index in [1.54, 1.807) is 35.1 Å². The number of nitrogens with one attached hydrogen (secondary N) is 2. The monoisotopic (exact) mass is 324 g/mol. The van der Waals surface area contributed by atoms with Gasteiger partial charge >= 0.3 is 0 Å². The highest BCUT2D eigenvalue weighted by Gasteiger charge is 2.18. The Hall–Kier alpha value is -1.56. The molecule has 1 aliphatic heterocycles. The number of benzene rings is 1. The maximum Gasteiger partial charge on any atom is 0.271 e. The molecule has 0 unspecified atom stereocenters. The van der Waals surface area contributed by atoms with Gasteiger partial charge in [-0.15, -0.1) is 0 Å². The average Bonchev–Trinajstić information content (AvgIpc) is 2.89. The fourth-order valence-corrected chi connectivity index (χ4v) is 2.33. The number of carbonyl (C=O) groups excluding carboxylic acids is 1. The van der Waals surface area contributed by atoms with Crippen LogP contribution >= 0.6 is 23.2 Å². The third-order valence-electron chi connectivity index (χ3n) is 3.41. The lowest BCUT2D eigenvalue weighted by Gasteiger charge is -2.26. The molecule has 0 radical (unpaired) electrons. The number of aromatic nitrogens is 2. The van der Waals surface area contributed by atoms with E-state index in [0.29, 0.717) is 28.2 Å². The molecule has 0 saturated carbocycles. The highest BCUT2D eigenvalue weighted by molar-refractivity contribution is 6.42. The third kappa shape index (κ3) is 3.20. The molecule has 2 heterocycles. The summed E-state index contributed by atoms with van der Waals surface area (Å²) in [5, 5.41) is 11.2. The smallest absolute Gasteiger partial charge is 0.271 e. The fraction of sp³-hybridized carbons (Fsp3) is 0.286.